The lowest BCUT2D eigenvalue weighted by molar-refractivity contribution is -0.122. The first-order chi connectivity index (χ1) is 8.27. The Kier molecular flexibility index (Phi) is 3.88. The number of nitrogens with one attached hydrogen (secondary N) is 2. The fraction of sp³-hybridized carbons (Fsp3) is 0.385. The molecule has 0 bridgehead atoms. The lowest BCUT2D eigenvalue weighted by atomic mass is 10.1. The summed E-state index contributed by atoms with van der Waals surface area (Å²) < 4.78 is 0. The highest BCUT2D eigenvalue weighted by atomic mass is 16.2. The predicted molar refractivity (Wildman–Crippen MR) is 64.8 cm³/mol. The molecule has 1 fully saturated rings. The van der Waals surface area contributed by atoms with E-state index >= 15 is 0 Å². The lowest BCUT2D eigenvalue weighted by Crippen LogP contribution is -2.42. The van der Waals surface area contributed by atoms with E-state index in [9.17, 15) is 9.59 Å². The molecule has 2 N–H and O–H groups in total. The Labute approximate surface area is 100 Å². The van der Waals surface area contributed by atoms with Gasteiger partial charge in [-0.2, -0.15) is 0 Å². The third-order valence-electron chi connectivity index (χ3n) is 2.90. The maximum absolute atomic E-state index is 11.7. The zero-order valence-corrected chi connectivity index (χ0v) is 9.61. The van der Waals surface area contributed by atoms with Crippen LogP contribution >= 0.6 is 0 Å². The molecule has 1 aliphatic heterocycles. The number of ketones is 1. The van der Waals surface area contributed by atoms with Crippen LogP contribution in [0.1, 0.15) is 23.2 Å². The van der Waals surface area contributed by atoms with Gasteiger partial charge in [-0.05, 0) is 19.4 Å². The van der Waals surface area contributed by atoms with Crippen molar-refractivity contribution in [2.24, 2.45) is 0 Å². The highest BCUT2D eigenvalue weighted by Gasteiger charge is 2.22. The molecular weight excluding hydrogens is 216 g/mol. The van der Waals surface area contributed by atoms with E-state index in [0.717, 1.165) is 19.4 Å². The van der Waals surface area contributed by atoms with Gasteiger partial charge in [0.25, 0.3) is 0 Å². The molecule has 1 atom stereocenters. The van der Waals surface area contributed by atoms with Crippen LogP contribution in [-0.4, -0.2) is 30.8 Å². The zero-order chi connectivity index (χ0) is 12.1. The summed E-state index contributed by atoms with van der Waals surface area (Å²) in [4.78, 5) is 23.4. The number of rotatable bonds is 4. The summed E-state index contributed by atoms with van der Waals surface area (Å²) in [6, 6.07) is 8.86. The van der Waals surface area contributed by atoms with Crippen LogP contribution in [0.5, 0.6) is 0 Å². The first kappa shape index (κ1) is 11.8. The van der Waals surface area contributed by atoms with Gasteiger partial charge in [0.2, 0.25) is 5.91 Å². The van der Waals surface area contributed by atoms with E-state index in [-0.39, 0.29) is 24.3 Å². The summed E-state index contributed by atoms with van der Waals surface area (Å²) in [5.41, 5.74) is 0.632. The Morgan fingerprint density at radius 3 is 2.71 bits per heavy atom. The maximum Gasteiger partial charge on any atom is 0.237 e. The molecule has 17 heavy (non-hydrogen) atoms. The van der Waals surface area contributed by atoms with Crippen molar-refractivity contribution in [3.63, 3.8) is 0 Å². The van der Waals surface area contributed by atoms with Crippen LogP contribution < -0.4 is 10.6 Å². The monoisotopic (exact) mass is 232 g/mol. The molecular formula is C13H16N2O2. The summed E-state index contributed by atoms with van der Waals surface area (Å²) in [6.07, 6.45) is 1.87. The van der Waals surface area contributed by atoms with Gasteiger partial charge in [-0.1, -0.05) is 30.3 Å². The molecule has 1 saturated heterocycles. The average Bonchev–Trinajstić information content (AvgIpc) is 2.90. The third kappa shape index (κ3) is 3.14. The topological polar surface area (TPSA) is 58.2 Å². The van der Waals surface area contributed by atoms with Crippen molar-refractivity contribution in [3.05, 3.63) is 35.9 Å². The molecule has 0 aliphatic carbocycles. The number of carbonyl (C=O) groups excluding carboxylic acids is 2. The van der Waals surface area contributed by atoms with Crippen molar-refractivity contribution >= 4 is 11.7 Å². The van der Waals surface area contributed by atoms with Gasteiger partial charge in [0.15, 0.2) is 5.78 Å². The molecule has 0 aromatic heterocycles. The molecule has 4 heteroatoms. The van der Waals surface area contributed by atoms with Crippen LogP contribution in [0.3, 0.4) is 0 Å². The van der Waals surface area contributed by atoms with Crippen molar-refractivity contribution in [1.29, 1.82) is 0 Å². The van der Waals surface area contributed by atoms with Crippen molar-refractivity contribution < 1.29 is 9.59 Å². The van der Waals surface area contributed by atoms with Crippen LogP contribution in [0.4, 0.5) is 0 Å². The number of hydrogen-bond donors (Lipinski definition) is 2. The Morgan fingerprint density at radius 1 is 1.29 bits per heavy atom. The molecule has 1 aliphatic rings. The molecule has 1 aromatic carbocycles. The molecule has 2 rings (SSSR count). The first-order valence-electron chi connectivity index (χ1n) is 5.87. The van der Waals surface area contributed by atoms with E-state index in [2.05, 4.69) is 10.6 Å². The largest absolute Gasteiger partial charge is 0.347 e. The average molecular weight is 232 g/mol. The Balaban J connectivity index is 1.82. The summed E-state index contributed by atoms with van der Waals surface area (Å²) in [5, 5.41) is 5.77. The molecule has 90 valence electrons. The maximum atomic E-state index is 11.7. The first-order valence-corrected chi connectivity index (χ1v) is 5.87. The smallest absolute Gasteiger partial charge is 0.237 e. The number of hydrogen-bond acceptors (Lipinski definition) is 3. The van der Waals surface area contributed by atoms with E-state index < -0.39 is 0 Å². The van der Waals surface area contributed by atoms with Gasteiger partial charge in [-0.25, -0.2) is 0 Å². The Morgan fingerprint density at radius 2 is 2.06 bits per heavy atom. The highest BCUT2D eigenvalue weighted by molar-refractivity contribution is 5.99. The van der Waals surface area contributed by atoms with Crippen LogP contribution in [-0.2, 0) is 4.79 Å². The zero-order valence-electron chi connectivity index (χ0n) is 9.61. The SMILES string of the molecule is O=C(CNC(=O)C1CCCN1)c1ccccc1. The van der Waals surface area contributed by atoms with Gasteiger partial charge >= 0.3 is 0 Å². The fourth-order valence-electron chi connectivity index (χ4n) is 1.93. The van der Waals surface area contributed by atoms with E-state index in [1.54, 1.807) is 12.1 Å². The minimum absolute atomic E-state index is 0.0584. The van der Waals surface area contributed by atoms with Crippen molar-refractivity contribution in [2.45, 2.75) is 18.9 Å². The molecule has 1 aromatic rings. The Bertz CT molecular complexity index is 397. The second-order valence-electron chi connectivity index (χ2n) is 4.16. The van der Waals surface area contributed by atoms with E-state index in [1.165, 1.54) is 0 Å². The number of benzene rings is 1. The van der Waals surface area contributed by atoms with Gasteiger partial charge in [-0.3, -0.25) is 9.59 Å². The van der Waals surface area contributed by atoms with Gasteiger partial charge in [0.1, 0.15) is 0 Å². The molecule has 1 heterocycles. The normalized spacial score (nSPS) is 18.9. The predicted octanol–water partition coefficient (Wildman–Crippen LogP) is 0.737. The van der Waals surface area contributed by atoms with Crippen LogP contribution in [0.25, 0.3) is 0 Å². The highest BCUT2D eigenvalue weighted by Crippen LogP contribution is 2.04. The summed E-state index contributed by atoms with van der Waals surface area (Å²) >= 11 is 0. The van der Waals surface area contributed by atoms with Crippen molar-refractivity contribution in [2.75, 3.05) is 13.1 Å². The van der Waals surface area contributed by atoms with E-state index in [4.69, 9.17) is 0 Å². The lowest BCUT2D eigenvalue weighted by Gasteiger charge is -2.10. The van der Waals surface area contributed by atoms with E-state index in [0.29, 0.717) is 5.56 Å². The van der Waals surface area contributed by atoms with Crippen molar-refractivity contribution in [3.8, 4) is 0 Å². The third-order valence-corrected chi connectivity index (χ3v) is 2.90. The van der Waals surface area contributed by atoms with E-state index in [1.807, 2.05) is 18.2 Å². The second kappa shape index (κ2) is 5.59. The second-order valence-corrected chi connectivity index (χ2v) is 4.16. The quantitative estimate of drug-likeness (QED) is 0.753. The van der Waals surface area contributed by atoms with Gasteiger partial charge < -0.3 is 10.6 Å². The molecule has 0 saturated carbocycles. The van der Waals surface area contributed by atoms with Crippen LogP contribution in [0.15, 0.2) is 30.3 Å². The molecule has 0 spiro atoms. The minimum Gasteiger partial charge on any atom is -0.347 e. The standard InChI is InChI=1S/C13H16N2O2/c16-12(10-5-2-1-3-6-10)9-15-13(17)11-7-4-8-14-11/h1-3,5-6,11,14H,4,7-9H2,(H,15,17). The van der Waals surface area contributed by atoms with Gasteiger partial charge in [-0.15, -0.1) is 0 Å². The van der Waals surface area contributed by atoms with Crippen LogP contribution in [0, 0.1) is 0 Å². The summed E-state index contributed by atoms with van der Waals surface area (Å²) in [7, 11) is 0. The molecule has 4 nitrogen and oxygen atoms in total. The molecule has 1 amide bonds. The summed E-state index contributed by atoms with van der Waals surface area (Å²) in [5.74, 6) is -0.135. The fourth-order valence-corrected chi connectivity index (χ4v) is 1.93. The minimum atomic E-state index is -0.126. The number of amides is 1. The van der Waals surface area contributed by atoms with Crippen molar-refractivity contribution in [1.82, 2.24) is 10.6 Å². The Hall–Kier alpha value is -1.68. The van der Waals surface area contributed by atoms with Gasteiger partial charge in [0, 0.05) is 5.56 Å². The number of Topliss-reactive ketones (excluding diaryl/α,β-unsaturated/α-hetero) is 1. The molecule has 1 unspecified atom stereocenters. The van der Waals surface area contributed by atoms with Crippen LogP contribution in [0.2, 0.25) is 0 Å². The summed E-state index contributed by atoms with van der Waals surface area (Å²) in [6.45, 7) is 0.950. The van der Waals surface area contributed by atoms with Gasteiger partial charge in [0.05, 0.1) is 12.6 Å². The number of carbonyl (C=O) groups is 2. The molecule has 0 radical (unpaired) electrons.